The summed E-state index contributed by atoms with van der Waals surface area (Å²) in [6.45, 7) is 0.0483. The fraction of sp³-hybridized carbons (Fsp3) is 0.467. The number of rotatable bonds is 6. The van der Waals surface area contributed by atoms with Gasteiger partial charge in [0.1, 0.15) is 5.75 Å². The van der Waals surface area contributed by atoms with Crippen LogP contribution >= 0.6 is 0 Å². The number of para-hydroxylation sites is 1. The molecule has 3 amide bonds. The number of benzene rings is 1. The lowest BCUT2D eigenvalue weighted by Crippen LogP contribution is -2.45. The first-order valence-electron chi connectivity index (χ1n) is 7.53. The Morgan fingerprint density at radius 2 is 2.00 bits per heavy atom. The predicted molar refractivity (Wildman–Crippen MR) is 88.4 cm³/mol. The summed E-state index contributed by atoms with van der Waals surface area (Å²) in [4.78, 5) is 23.4. The molecule has 1 atom stereocenters. The van der Waals surface area contributed by atoms with Crippen molar-refractivity contribution in [2.24, 2.45) is 0 Å². The van der Waals surface area contributed by atoms with Crippen LogP contribution in [0, 0.1) is 0 Å². The first-order chi connectivity index (χ1) is 11.4. The van der Waals surface area contributed by atoms with Crippen molar-refractivity contribution in [1.29, 1.82) is 0 Å². The minimum absolute atomic E-state index is 0.0429. The molecule has 0 aliphatic carbocycles. The topological polar surface area (TPSA) is 114 Å². The summed E-state index contributed by atoms with van der Waals surface area (Å²) in [5.74, 6) is 0.297. The second kappa shape index (κ2) is 8.00. The van der Waals surface area contributed by atoms with E-state index in [-0.39, 0.29) is 30.6 Å². The Morgan fingerprint density at radius 3 is 2.67 bits per heavy atom. The zero-order chi connectivity index (χ0) is 17.6. The van der Waals surface area contributed by atoms with Gasteiger partial charge in [0.2, 0.25) is 5.91 Å². The van der Waals surface area contributed by atoms with E-state index >= 15 is 0 Å². The molecule has 2 rings (SSSR count). The van der Waals surface area contributed by atoms with Crippen molar-refractivity contribution in [3.05, 3.63) is 29.8 Å². The SMILES string of the molecule is COc1ccccc1CNC(=O)NCC(=O)N[C@@H]1CCS(=O)(=O)C1. The summed E-state index contributed by atoms with van der Waals surface area (Å²) >= 11 is 0. The minimum Gasteiger partial charge on any atom is -0.496 e. The van der Waals surface area contributed by atoms with Crippen LogP contribution in [-0.4, -0.2) is 51.6 Å². The Balaban J connectivity index is 1.70. The van der Waals surface area contributed by atoms with Crippen LogP contribution in [0.2, 0.25) is 0 Å². The van der Waals surface area contributed by atoms with Gasteiger partial charge in [-0.2, -0.15) is 0 Å². The number of urea groups is 1. The number of hydrogen-bond acceptors (Lipinski definition) is 5. The van der Waals surface area contributed by atoms with E-state index in [2.05, 4.69) is 16.0 Å². The summed E-state index contributed by atoms with van der Waals surface area (Å²) in [6, 6.07) is 6.41. The molecular weight excluding hydrogens is 334 g/mol. The van der Waals surface area contributed by atoms with E-state index in [1.165, 1.54) is 0 Å². The van der Waals surface area contributed by atoms with Gasteiger partial charge in [0.05, 0.1) is 25.2 Å². The highest BCUT2D eigenvalue weighted by Gasteiger charge is 2.28. The molecule has 0 unspecified atom stereocenters. The Bertz CT molecular complexity index is 705. The van der Waals surface area contributed by atoms with Crippen molar-refractivity contribution in [3.63, 3.8) is 0 Å². The summed E-state index contributed by atoms with van der Waals surface area (Å²) in [7, 11) is -1.50. The van der Waals surface area contributed by atoms with Gasteiger partial charge in [-0.25, -0.2) is 13.2 Å². The van der Waals surface area contributed by atoms with Gasteiger partial charge in [0, 0.05) is 18.2 Å². The van der Waals surface area contributed by atoms with E-state index in [0.29, 0.717) is 12.2 Å². The third-order valence-electron chi connectivity index (χ3n) is 3.64. The zero-order valence-electron chi connectivity index (χ0n) is 13.4. The molecule has 1 heterocycles. The van der Waals surface area contributed by atoms with Gasteiger partial charge in [0.25, 0.3) is 0 Å². The second-order valence-corrected chi connectivity index (χ2v) is 7.74. The van der Waals surface area contributed by atoms with Gasteiger partial charge in [0.15, 0.2) is 9.84 Å². The van der Waals surface area contributed by atoms with Gasteiger partial charge < -0.3 is 20.7 Å². The van der Waals surface area contributed by atoms with E-state index in [1.807, 2.05) is 18.2 Å². The average molecular weight is 355 g/mol. The molecule has 0 saturated carbocycles. The largest absolute Gasteiger partial charge is 0.496 e. The van der Waals surface area contributed by atoms with E-state index in [0.717, 1.165) is 5.56 Å². The number of nitrogens with one attached hydrogen (secondary N) is 3. The lowest BCUT2D eigenvalue weighted by atomic mass is 10.2. The Labute approximate surface area is 140 Å². The number of carbonyl (C=O) groups excluding carboxylic acids is 2. The first-order valence-corrected chi connectivity index (χ1v) is 9.35. The van der Waals surface area contributed by atoms with Crippen molar-refractivity contribution in [2.45, 2.75) is 19.0 Å². The van der Waals surface area contributed by atoms with Gasteiger partial charge in [-0.3, -0.25) is 4.79 Å². The summed E-state index contributed by atoms with van der Waals surface area (Å²) in [5, 5.41) is 7.66. The van der Waals surface area contributed by atoms with E-state index < -0.39 is 21.8 Å². The van der Waals surface area contributed by atoms with Gasteiger partial charge >= 0.3 is 6.03 Å². The number of sulfone groups is 1. The Morgan fingerprint density at radius 1 is 1.25 bits per heavy atom. The molecule has 1 fully saturated rings. The zero-order valence-corrected chi connectivity index (χ0v) is 14.2. The molecule has 1 aliphatic heterocycles. The number of carbonyl (C=O) groups is 2. The maximum Gasteiger partial charge on any atom is 0.315 e. The van der Waals surface area contributed by atoms with Crippen molar-refractivity contribution < 1.29 is 22.7 Å². The molecule has 3 N–H and O–H groups in total. The van der Waals surface area contributed by atoms with Gasteiger partial charge in [-0.05, 0) is 12.5 Å². The van der Waals surface area contributed by atoms with Crippen LogP contribution in [0.1, 0.15) is 12.0 Å². The monoisotopic (exact) mass is 355 g/mol. The van der Waals surface area contributed by atoms with E-state index in [9.17, 15) is 18.0 Å². The molecule has 1 aromatic rings. The highest BCUT2D eigenvalue weighted by molar-refractivity contribution is 7.91. The lowest BCUT2D eigenvalue weighted by molar-refractivity contribution is -0.120. The normalized spacial score (nSPS) is 18.6. The molecule has 0 bridgehead atoms. The maximum atomic E-state index is 11.7. The van der Waals surface area contributed by atoms with Crippen molar-refractivity contribution in [1.82, 2.24) is 16.0 Å². The van der Waals surface area contributed by atoms with Gasteiger partial charge in [-0.1, -0.05) is 18.2 Å². The van der Waals surface area contributed by atoms with E-state index in [1.54, 1.807) is 13.2 Å². The van der Waals surface area contributed by atoms with Crippen LogP contribution in [-0.2, 0) is 21.2 Å². The minimum atomic E-state index is -3.04. The highest BCUT2D eigenvalue weighted by atomic mass is 32.2. The quantitative estimate of drug-likeness (QED) is 0.654. The predicted octanol–water partition coefficient (Wildman–Crippen LogP) is -0.202. The fourth-order valence-corrected chi connectivity index (χ4v) is 4.11. The second-order valence-electron chi connectivity index (χ2n) is 5.52. The van der Waals surface area contributed by atoms with Crippen molar-refractivity contribution >= 4 is 21.8 Å². The third kappa shape index (κ3) is 5.41. The molecule has 9 heteroatoms. The van der Waals surface area contributed by atoms with Crippen LogP contribution < -0.4 is 20.7 Å². The number of methoxy groups -OCH3 is 1. The molecular formula is C15H21N3O5S. The summed E-state index contributed by atoms with van der Waals surface area (Å²) < 4.78 is 27.8. The molecule has 1 aliphatic rings. The highest BCUT2D eigenvalue weighted by Crippen LogP contribution is 2.16. The summed E-state index contributed by atoms with van der Waals surface area (Å²) in [6.07, 6.45) is 0.411. The van der Waals surface area contributed by atoms with Crippen LogP contribution in [0.4, 0.5) is 4.79 Å². The molecule has 0 radical (unpaired) electrons. The fourth-order valence-electron chi connectivity index (χ4n) is 2.44. The molecule has 132 valence electrons. The van der Waals surface area contributed by atoms with Gasteiger partial charge in [-0.15, -0.1) is 0 Å². The maximum absolute atomic E-state index is 11.7. The van der Waals surface area contributed by atoms with Crippen LogP contribution in [0.5, 0.6) is 5.75 Å². The molecule has 1 aromatic carbocycles. The van der Waals surface area contributed by atoms with E-state index in [4.69, 9.17) is 4.74 Å². The molecule has 0 spiro atoms. The standard InChI is InChI=1S/C15H21N3O5S/c1-23-13-5-3-2-4-11(13)8-16-15(20)17-9-14(19)18-12-6-7-24(21,22)10-12/h2-5,12H,6-10H2,1H3,(H,18,19)(H2,16,17,20)/t12-/m1/s1. The molecule has 0 aromatic heterocycles. The van der Waals surface area contributed by atoms with Crippen LogP contribution in [0.25, 0.3) is 0 Å². The molecule has 24 heavy (non-hydrogen) atoms. The molecule has 8 nitrogen and oxygen atoms in total. The number of ether oxygens (including phenoxy) is 1. The smallest absolute Gasteiger partial charge is 0.315 e. The number of amides is 3. The Kier molecular flexibility index (Phi) is 6.02. The Hall–Kier alpha value is -2.29. The lowest BCUT2D eigenvalue weighted by Gasteiger charge is -2.12. The van der Waals surface area contributed by atoms with Crippen molar-refractivity contribution in [3.8, 4) is 5.75 Å². The summed E-state index contributed by atoms with van der Waals surface area (Å²) in [5.41, 5.74) is 0.816. The van der Waals surface area contributed by atoms with Crippen molar-refractivity contribution in [2.75, 3.05) is 25.2 Å². The van der Waals surface area contributed by atoms with Crippen LogP contribution in [0.3, 0.4) is 0 Å². The first kappa shape index (κ1) is 18.1. The average Bonchev–Trinajstić information content (AvgIpc) is 2.89. The molecule has 1 saturated heterocycles. The number of hydrogen-bond donors (Lipinski definition) is 3. The third-order valence-corrected chi connectivity index (χ3v) is 5.41. The van der Waals surface area contributed by atoms with Crippen LogP contribution in [0.15, 0.2) is 24.3 Å².